The maximum absolute atomic E-state index is 12.0. The summed E-state index contributed by atoms with van der Waals surface area (Å²) in [4.78, 5) is 25.3. The smallest absolute Gasteiger partial charge is 0.262 e. The van der Waals surface area contributed by atoms with Crippen LogP contribution >= 0.6 is 0 Å². The van der Waals surface area contributed by atoms with Crippen LogP contribution in [0.5, 0.6) is 5.75 Å². The van der Waals surface area contributed by atoms with Gasteiger partial charge in [0.1, 0.15) is 5.75 Å². The van der Waals surface area contributed by atoms with Crippen LogP contribution in [-0.4, -0.2) is 37.4 Å². The lowest BCUT2D eigenvalue weighted by Crippen LogP contribution is -2.22. The van der Waals surface area contributed by atoms with Crippen LogP contribution < -0.4 is 10.1 Å². The number of carbonyl (C=O) groups excluding carboxylic acids is 2. The summed E-state index contributed by atoms with van der Waals surface area (Å²) in [7, 11) is 3.39. The maximum atomic E-state index is 12.0. The van der Waals surface area contributed by atoms with Gasteiger partial charge in [-0.05, 0) is 47.9 Å². The third-order valence-electron chi connectivity index (χ3n) is 3.74. The molecule has 0 saturated heterocycles. The predicted molar refractivity (Wildman–Crippen MR) is 99.1 cm³/mol. The molecule has 0 heterocycles. The SMILES string of the molecule is CC(C)c1ccc(OCC(=O)Nc2ccc(C(=O)N(C)C)cc2)cc1. The molecule has 2 aromatic carbocycles. The number of rotatable bonds is 6. The molecule has 0 spiro atoms. The summed E-state index contributed by atoms with van der Waals surface area (Å²) in [5.74, 6) is 0.789. The zero-order valence-corrected chi connectivity index (χ0v) is 15.1. The molecule has 25 heavy (non-hydrogen) atoms. The van der Waals surface area contributed by atoms with Crippen LogP contribution in [-0.2, 0) is 4.79 Å². The lowest BCUT2D eigenvalue weighted by Gasteiger charge is -2.11. The first-order chi connectivity index (χ1) is 11.9. The van der Waals surface area contributed by atoms with E-state index in [0.717, 1.165) is 0 Å². The van der Waals surface area contributed by atoms with E-state index in [1.165, 1.54) is 10.5 Å². The van der Waals surface area contributed by atoms with Gasteiger partial charge in [-0.3, -0.25) is 9.59 Å². The van der Waals surface area contributed by atoms with Crippen LogP contribution in [0.15, 0.2) is 48.5 Å². The van der Waals surface area contributed by atoms with Gasteiger partial charge in [0.25, 0.3) is 11.8 Å². The lowest BCUT2D eigenvalue weighted by molar-refractivity contribution is -0.118. The second-order valence-corrected chi connectivity index (χ2v) is 6.34. The molecule has 0 aliphatic carbocycles. The van der Waals surface area contributed by atoms with E-state index in [2.05, 4.69) is 19.2 Å². The highest BCUT2D eigenvalue weighted by molar-refractivity contribution is 5.95. The standard InChI is InChI=1S/C20H24N2O3/c1-14(2)15-7-11-18(12-8-15)25-13-19(23)21-17-9-5-16(6-10-17)20(24)22(3)4/h5-12,14H,13H2,1-4H3,(H,21,23). The zero-order valence-electron chi connectivity index (χ0n) is 15.1. The van der Waals surface area contributed by atoms with E-state index in [0.29, 0.717) is 22.9 Å². The van der Waals surface area contributed by atoms with Gasteiger partial charge in [-0.25, -0.2) is 0 Å². The van der Waals surface area contributed by atoms with Gasteiger partial charge in [-0.1, -0.05) is 26.0 Å². The molecule has 5 nitrogen and oxygen atoms in total. The molecule has 0 radical (unpaired) electrons. The lowest BCUT2D eigenvalue weighted by atomic mass is 10.0. The Morgan fingerprint density at radius 2 is 1.60 bits per heavy atom. The van der Waals surface area contributed by atoms with Crippen molar-refractivity contribution in [3.8, 4) is 5.75 Å². The Morgan fingerprint density at radius 1 is 1.00 bits per heavy atom. The van der Waals surface area contributed by atoms with Crippen molar-refractivity contribution < 1.29 is 14.3 Å². The molecule has 1 N–H and O–H groups in total. The summed E-state index contributed by atoms with van der Waals surface area (Å²) in [6.07, 6.45) is 0. The van der Waals surface area contributed by atoms with E-state index in [9.17, 15) is 9.59 Å². The van der Waals surface area contributed by atoms with Crippen molar-refractivity contribution in [2.24, 2.45) is 0 Å². The first-order valence-electron chi connectivity index (χ1n) is 8.21. The van der Waals surface area contributed by atoms with E-state index in [1.807, 2.05) is 24.3 Å². The van der Waals surface area contributed by atoms with Crippen LogP contribution in [0.1, 0.15) is 35.7 Å². The Balaban J connectivity index is 1.86. The van der Waals surface area contributed by atoms with E-state index in [4.69, 9.17) is 4.74 Å². The zero-order chi connectivity index (χ0) is 18.4. The van der Waals surface area contributed by atoms with E-state index < -0.39 is 0 Å². The molecule has 2 amide bonds. The minimum atomic E-state index is -0.250. The molecule has 0 bridgehead atoms. The van der Waals surface area contributed by atoms with Gasteiger partial charge in [0.2, 0.25) is 0 Å². The average molecular weight is 340 g/mol. The summed E-state index contributed by atoms with van der Waals surface area (Å²) in [5, 5.41) is 2.75. The topological polar surface area (TPSA) is 58.6 Å². The number of anilines is 1. The Hall–Kier alpha value is -2.82. The van der Waals surface area contributed by atoms with Gasteiger partial charge < -0.3 is 15.0 Å². The van der Waals surface area contributed by atoms with Gasteiger partial charge in [-0.2, -0.15) is 0 Å². The molecule has 0 atom stereocenters. The van der Waals surface area contributed by atoms with Crippen molar-refractivity contribution in [1.29, 1.82) is 0 Å². The summed E-state index contributed by atoms with van der Waals surface area (Å²) >= 11 is 0. The van der Waals surface area contributed by atoms with Gasteiger partial charge in [0.15, 0.2) is 6.61 Å². The normalized spacial score (nSPS) is 10.4. The quantitative estimate of drug-likeness (QED) is 0.875. The van der Waals surface area contributed by atoms with Crippen LogP contribution in [0.25, 0.3) is 0 Å². The van der Waals surface area contributed by atoms with Crippen LogP contribution in [0.2, 0.25) is 0 Å². The van der Waals surface area contributed by atoms with Gasteiger partial charge in [0.05, 0.1) is 0 Å². The third-order valence-corrected chi connectivity index (χ3v) is 3.74. The highest BCUT2D eigenvalue weighted by atomic mass is 16.5. The second kappa shape index (κ2) is 8.33. The highest BCUT2D eigenvalue weighted by Gasteiger charge is 2.09. The maximum Gasteiger partial charge on any atom is 0.262 e. The number of benzene rings is 2. The van der Waals surface area contributed by atoms with Crippen molar-refractivity contribution in [3.63, 3.8) is 0 Å². The molecule has 2 aromatic rings. The summed E-state index contributed by atoms with van der Waals surface area (Å²) in [5.41, 5.74) is 2.42. The van der Waals surface area contributed by atoms with Crippen molar-refractivity contribution in [2.75, 3.05) is 26.0 Å². The number of amides is 2. The average Bonchev–Trinajstić information content (AvgIpc) is 2.60. The number of nitrogens with one attached hydrogen (secondary N) is 1. The molecule has 0 unspecified atom stereocenters. The molecule has 5 heteroatoms. The number of hydrogen-bond acceptors (Lipinski definition) is 3. The van der Waals surface area contributed by atoms with Crippen LogP contribution in [0, 0.1) is 0 Å². The molecular formula is C20H24N2O3. The number of hydrogen-bond donors (Lipinski definition) is 1. The van der Waals surface area contributed by atoms with Gasteiger partial charge in [-0.15, -0.1) is 0 Å². The first kappa shape index (κ1) is 18.5. The fourth-order valence-corrected chi connectivity index (χ4v) is 2.25. The number of ether oxygens (including phenoxy) is 1. The Morgan fingerprint density at radius 3 is 2.12 bits per heavy atom. The highest BCUT2D eigenvalue weighted by Crippen LogP contribution is 2.18. The van der Waals surface area contributed by atoms with Crippen molar-refractivity contribution in [1.82, 2.24) is 4.90 Å². The fourth-order valence-electron chi connectivity index (χ4n) is 2.25. The van der Waals surface area contributed by atoms with E-state index >= 15 is 0 Å². The number of nitrogens with zero attached hydrogens (tertiary/aromatic N) is 1. The summed E-state index contributed by atoms with van der Waals surface area (Å²) in [6.45, 7) is 4.18. The predicted octanol–water partition coefficient (Wildman–Crippen LogP) is 3.53. The molecule has 0 aromatic heterocycles. The van der Waals surface area contributed by atoms with Crippen LogP contribution in [0.4, 0.5) is 5.69 Å². The molecule has 132 valence electrons. The number of carbonyl (C=O) groups is 2. The summed E-state index contributed by atoms with van der Waals surface area (Å²) < 4.78 is 5.50. The van der Waals surface area contributed by atoms with Crippen molar-refractivity contribution >= 4 is 17.5 Å². The molecule has 0 fully saturated rings. The third kappa shape index (κ3) is 5.35. The molecule has 0 aliphatic heterocycles. The minimum absolute atomic E-state index is 0.0700. The van der Waals surface area contributed by atoms with Gasteiger partial charge in [0, 0.05) is 25.3 Å². The Kier molecular flexibility index (Phi) is 6.17. The fraction of sp³-hybridized carbons (Fsp3) is 0.300. The second-order valence-electron chi connectivity index (χ2n) is 6.34. The molecule has 0 aliphatic rings. The summed E-state index contributed by atoms with van der Waals surface area (Å²) in [6, 6.07) is 14.5. The molecule has 0 saturated carbocycles. The van der Waals surface area contributed by atoms with Crippen molar-refractivity contribution in [3.05, 3.63) is 59.7 Å². The Bertz CT molecular complexity index is 720. The Labute approximate surface area is 148 Å². The van der Waals surface area contributed by atoms with Gasteiger partial charge >= 0.3 is 0 Å². The largest absolute Gasteiger partial charge is 0.484 e. The monoisotopic (exact) mass is 340 g/mol. The van der Waals surface area contributed by atoms with Crippen molar-refractivity contribution in [2.45, 2.75) is 19.8 Å². The minimum Gasteiger partial charge on any atom is -0.484 e. The van der Waals surface area contributed by atoms with Crippen LogP contribution in [0.3, 0.4) is 0 Å². The molecular weight excluding hydrogens is 316 g/mol. The molecule has 2 rings (SSSR count). The van der Waals surface area contributed by atoms with E-state index in [1.54, 1.807) is 38.4 Å². The van der Waals surface area contributed by atoms with E-state index in [-0.39, 0.29) is 18.4 Å². The first-order valence-corrected chi connectivity index (χ1v) is 8.21.